The van der Waals surface area contributed by atoms with E-state index in [1.165, 1.54) is 26.2 Å². The second-order valence-corrected chi connectivity index (χ2v) is 14.1. The topological polar surface area (TPSA) is 166 Å². The number of hydrogen-bond acceptors (Lipinski definition) is 11. The molecule has 5 unspecified atom stereocenters. The number of aliphatic hydroxyl groups excluding tert-OH is 2. The van der Waals surface area contributed by atoms with Crippen LogP contribution in [0.3, 0.4) is 0 Å². The lowest BCUT2D eigenvalue weighted by atomic mass is 9.71. The van der Waals surface area contributed by atoms with Gasteiger partial charge in [-0.05, 0) is 31.0 Å². The van der Waals surface area contributed by atoms with Crippen molar-refractivity contribution in [2.45, 2.75) is 88.5 Å². The lowest BCUT2D eigenvalue weighted by Gasteiger charge is -2.46. The average molecular weight is 746 g/mol. The molecule has 0 spiro atoms. The lowest BCUT2D eigenvalue weighted by Crippen LogP contribution is -2.55. The van der Waals surface area contributed by atoms with Gasteiger partial charge < -0.3 is 39.7 Å². The zero-order chi connectivity index (χ0) is 36.9. The first-order valence-corrected chi connectivity index (χ1v) is 17.5. The molecule has 4 aromatic carbocycles. The number of phenolic OH excluding ortho intramolecular Hbond substituents is 2. The van der Waals surface area contributed by atoms with E-state index < -0.39 is 76.5 Å². The number of hydrogen-bond donors (Lipinski definition) is 5. The van der Waals surface area contributed by atoms with Crippen molar-refractivity contribution in [3.05, 3.63) is 123 Å². The number of carbonyl (C=O) groups excluding carboxylic acids is 2. The number of phenols is 2. The molecule has 4 aromatic rings. The number of benzene rings is 4. The molecule has 0 bridgehead atoms. The molecule has 12 heteroatoms. The number of aromatic hydroxyl groups is 2. The summed E-state index contributed by atoms with van der Waals surface area (Å²) >= 11 is 0. The molecule has 7 atom stereocenters. The van der Waals surface area contributed by atoms with Gasteiger partial charge in [0.05, 0.1) is 53.8 Å². The maximum absolute atomic E-state index is 14.0. The van der Waals surface area contributed by atoms with Crippen LogP contribution in [0.5, 0.6) is 17.2 Å². The SMILES string of the molecule is COc1cccc2c1C(=O)c1c(O)c3c(c(O)c1C2=O)C[C@@](O)(C(C)O)C[C@@H]3OC1CC(N(Cc2ccccc2)Cc2ccccc2)C(O)C(C)O1.Cl. The predicted octanol–water partition coefficient (Wildman–Crippen LogP) is 4.99. The number of ether oxygens (including phenoxy) is 3. The van der Waals surface area contributed by atoms with Crippen molar-refractivity contribution in [1.29, 1.82) is 0 Å². The highest BCUT2D eigenvalue weighted by Gasteiger charge is 2.50. The second-order valence-electron chi connectivity index (χ2n) is 14.1. The summed E-state index contributed by atoms with van der Waals surface area (Å²) in [6.45, 7) is 4.19. The number of carbonyl (C=O) groups is 2. The molecule has 0 aromatic heterocycles. The predicted molar refractivity (Wildman–Crippen MR) is 197 cm³/mol. The number of methoxy groups -OCH3 is 1. The third-order valence-corrected chi connectivity index (χ3v) is 10.8. The molecule has 2 aliphatic carbocycles. The maximum atomic E-state index is 14.0. The Bertz CT molecular complexity index is 1950. The molecule has 3 aliphatic rings. The van der Waals surface area contributed by atoms with Crippen molar-refractivity contribution >= 4 is 24.0 Å². The molecule has 7 rings (SSSR count). The molecule has 0 amide bonds. The van der Waals surface area contributed by atoms with Crippen LogP contribution in [-0.4, -0.2) is 85.4 Å². The van der Waals surface area contributed by atoms with Gasteiger partial charge in [0.25, 0.3) is 0 Å². The number of rotatable bonds is 9. The molecular formula is C41H44ClNO10. The molecule has 0 radical (unpaired) electrons. The smallest absolute Gasteiger partial charge is 0.202 e. The fourth-order valence-corrected chi connectivity index (χ4v) is 7.97. The van der Waals surface area contributed by atoms with Crippen molar-refractivity contribution in [2.75, 3.05) is 7.11 Å². The second kappa shape index (κ2) is 15.2. The Kier molecular flexibility index (Phi) is 11.0. The van der Waals surface area contributed by atoms with Crippen LogP contribution >= 0.6 is 12.4 Å². The fraction of sp³-hybridized carbons (Fsp3) is 0.366. The normalized spacial score (nSPS) is 25.5. The third-order valence-electron chi connectivity index (χ3n) is 10.8. The lowest BCUT2D eigenvalue weighted by molar-refractivity contribution is -0.262. The van der Waals surface area contributed by atoms with Gasteiger partial charge in [0, 0.05) is 55.1 Å². The summed E-state index contributed by atoms with van der Waals surface area (Å²) in [5, 5.41) is 57.7. The molecule has 5 N–H and O–H groups in total. The minimum Gasteiger partial charge on any atom is -0.507 e. The van der Waals surface area contributed by atoms with E-state index >= 15 is 0 Å². The summed E-state index contributed by atoms with van der Waals surface area (Å²) in [4.78, 5) is 30.0. The number of halogens is 1. The third kappa shape index (κ3) is 6.94. The number of ketones is 2. The Hall–Kier alpha value is -4.33. The highest BCUT2D eigenvalue weighted by molar-refractivity contribution is 6.31. The van der Waals surface area contributed by atoms with Crippen LogP contribution in [0.4, 0.5) is 0 Å². The Morgan fingerprint density at radius 2 is 1.49 bits per heavy atom. The summed E-state index contributed by atoms with van der Waals surface area (Å²) in [6.07, 6.45) is -5.46. The van der Waals surface area contributed by atoms with E-state index in [-0.39, 0.29) is 59.7 Å². The van der Waals surface area contributed by atoms with E-state index in [2.05, 4.69) is 4.90 Å². The zero-order valence-corrected chi connectivity index (χ0v) is 30.5. The van der Waals surface area contributed by atoms with Crippen LogP contribution < -0.4 is 4.74 Å². The molecule has 1 heterocycles. The Morgan fingerprint density at radius 3 is 2.08 bits per heavy atom. The number of aliphatic hydroxyl groups is 3. The summed E-state index contributed by atoms with van der Waals surface area (Å²) in [5.41, 5.74) is -0.555. The monoisotopic (exact) mass is 745 g/mol. The van der Waals surface area contributed by atoms with Crippen molar-refractivity contribution in [2.24, 2.45) is 0 Å². The van der Waals surface area contributed by atoms with E-state index in [0.29, 0.717) is 13.1 Å². The van der Waals surface area contributed by atoms with Gasteiger partial charge in [0.2, 0.25) is 5.78 Å². The van der Waals surface area contributed by atoms with E-state index in [1.807, 2.05) is 60.7 Å². The Labute approximate surface area is 313 Å². The Morgan fingerprint density at radius 1 is 0.887 bits per heavy atom. The Balaban J connectivity index is 0.00000481. The van der Waals surface area contributed by atoms with E-state index in [9.17, 15) is 35.1 Å². The largest absolute Gasteiger partial charge is 0.507 e. The first kappa shape index (κ1) is 38.4. The molecule has 1 aliphatic heterocycles. The van der Waals surface area contributed by atoms with Crippen LogP contribution in [0, 0.1) is 0 Å². The van der Waals surface area contributed by atoms with Gasteiger partial charge in [-0.25, -0.2) is 0 Å². The first-order valence-electron chi connectivity index (χ1n) is 17.5. The molecule has 1 fully saturated rings. The molecule has 11 nitrogen and oxygen atoms in total. The van der Waals surface area contributed by atoms with E-state index in [1.54, 1.807) is 13.0 Å². The van der Waals surface area contributed by atoms with Crippen LogP contribution in [0.2, 0.25) is 0 Å². The molecular weight excluding hydrogens is 702 g/mol. The standard InChI is InChI=1S/C41H43NO10.ClH/c1-22-36(44)28(42(20-24-11-6-4-7-12-24)21-25-13-8-5-9-14-25)17-31(51-22)52-30-19-41(49,23(2)43)18-27-33(30)40(48)35-34(38(27)46)37(45)26-15-10-16-29(50-3)32(26)39(35)47;/h4-16,22-23,28,30-31,36,43-44,46,48-49H,17-21H2,1-3H3;1H/t22?,23?,28?,30-,31?,36?,41-;/m0./s1. The van der Waals surface area contributed by atoms with Gasteiger partial charge in [-0.3, -0.25) is 14.5 Å². The highest BCUT2D eigenvalue weighted by atomic mass is 35.5. The van der Waals surface area contributed by atoms with Crippen LogP contribution in [0.1, 0.15) is 86.9 Å². The fourth-order valence-electron chi connectivity index (χ4n) is 7.97. The summed E-state index contributed by atoms with van der Waals surface area (Å²) in [6, 6.07) is 23.9. The summed E-state index contributed by atoms with van der Waals surface area (Å²) in [5.74, 6) is -2.41. The van der Waals surface area contributed by atoms with Gasteiger partial charge >= 0.3 is 0 Å². The zero-order valence-electron chi connectivity index (χ0n) is 29.6. The van der Waals surface area contributed by atoms with Crippen molar-refractivity contribution < 1.29 is 49.3 Å². The highest BCUT2D eigenvalue weighted by Crippen LogP contribution is 2.53. The van der Waals surface area contributed by atoms with Crippen LogP contribution in [0.15, 0.2) is 78.9 Å². The van der Waals surface area contributed by atoms with E-state index in [4.69, 9.17) is 14.2 Å². The van der Waals surface area contributed by atoms with Crippen molar-refractivity contribution in [3.63, 3.8) is 0 Å². The van der Waals surface area contributed by atoms with Gasteiger partial charge in [-0.15, -0.1) is 12.4 Å². The minimum absolute atomic E-state index is 0. The summed E-state index contributed by atoms with van der Waals surface area (Å²) < 4.78 is 18.2. The number of fused-ring (bicyclic) bond motifs is 3. The van der Waals surface area contributed by atoms with Crippen molar-refractivity contribution in [1.82, 2.24) is 4.90 Å². The average Bonchev–Trinajstić information content (AvgIpc) is 3.13. The van der Waals surface area contributed by atoms with Gasteiger partial charge in [0.1, 0.15) is 17.2 Å². The van der Waals surface area contributed by atoms with Gasteiger partial charge in [-0.1, -0.05) is 72.8 Å². The van der Waals surface area contributed by atoms with E-state index in [0.717, 1.165) is 11.1 Å². The molecule has 53 heavy (non-hydrogen) atoms. The van der Waals surface area contributed by atoms with Gasteiger partial charge in [0.15, 0.2) is 12.1 Å². The van der Waals surface area contributed by atoms with Crippen LogP contribution in [-0.2, 0) is 29.0 Å². The maximum Gasteiger partial charge on any atom is 0.202 e. The molecule has 0 saturated carbocycles. The van der Waals surface area contributed by atoms with Crippen molar-refractivity contribution in [3.8, 4) is 17.2 Å². The first-order chi connectivity index (χ1) is 24.9. The van der Waals surface area contributed by atoms with Gasteiger partial charge in [-0.2, -0.15) is 0 Å². The number of nitrogens with zero attached hydrogens (tertiary/aromatic N) is 1. The summed E-state index contributed by atoms with van der Waals surface area (Å²) in [7, 11) is 1.37. The minimum atomic E-state index is -1.84. The molecule has 1 saturated heterocycles. The quantitative estimate of drug-likeness (QED) is 0.129. The molecule has 280 valence electrons. The van der Waals surface area contributed by atoms with Crippen LogP contribution in [0.25, 0.3) is 0 Å².